The van der Waals surface area contributed by atoms with E-state index in [0.29, 0.717) is 0 Å². The van der Waals surface area contributed by atoms with E-state index in [4.69, 9.17) is 0 Å². The highest BCUT2D eigenvalue weighted by atomic mass is 16.1. The van der Waals surface area contributed by atoms with Gasteiger partial charge in [0.05, 0.1) is 0 Å². The van der Waals surface area contributed by atoms with Crippen molar-refractivity contribution in [2.45, 2.75) is 19.8 Å². The molecule has 0 saturated carbocycles. The number of H-pyrrole nitrogens is 1. The molecule has 1 aromatic rings. The van der Waals surface area contributed by atoms with Gasteiger partial charge in [0, 0.05) is 38.2 Å². The number of hydrogen-bond acceptors (Lipinski definition) is 4. The van der Waals surface area contributed by atoms with Crippen molar-refractivity contribution >= 4 is 5.82 Å². The molecule has 0 amide bonds. The second kappa shape index (κ2) is 4.87. The maximum absolute atomic E-state index is 11.6. The molecule has 1 aliphatic rings. The van der Waals surface area contributed by atoms with Crippen molar-refractivity contribution in [3.63, 3.8) is 0 Å². The summed E-state index contributed by atoms with van der Waals surface area (Å²) in [5, 5.41) is 0. The summed E-state index contributed by atoms with van der Waals surface area (Å²) < 4.78 is 0. The maximum Gasteiger partial charge on any atom is 0.252 e. The van der Waals surface area contributed by atoms with Gasteiger partial charge in [0.25, 0.3) is 5.56 Å². The van der Waals surface area contributed by atoms with Crippen LogP contribution in [0.4, 0.5) is 5.82 Å². The van der Waals surface area contributed by atoms with Crippen LogP contribution in [0, 0.1) is 0 Å². The fourth-order valence-electron chi connectivity index (χ4n) is 1.93. The molecule has 0 aliphatic carbocycles. The zero-order chi connectivity index (χ0) is 12.4. The molecule has 17 heavy (non-hydrogen) atoms. The SMILES string of the molecule is CC(C)c1nc(N2CCN(C)CC2)cc(=O)[nH]1. The zero-order valence-electron chi connectivity index (χ0n) is 10.7. The second-order valence-corrected chi connectivity index (χ2v) is 4.93. The Kier molecular flexibility index (Phi) is 3.47. The molecule has 94 valence electrons. The van der Waals surface area contributed by atoms with Crippen molar-refractivity contribution < 1.29 is 0 Å². The number of likely N-dealkylation sites (N-methyl/N-ethyl adjacent to an activating group) is 1. The average molecular weight is 236 g/mol. The van der Waals surface area contributed by atoms with Crippen molar-refractivity contribution in [2.75, 3.05) is 38.1 Å². The summed E-state index contributed by atoms with van der Waals surface area (Å²) >= 11 is 0. The molecule has 0 bridgehead atoms. The standard InChI is InChI=1S/C12H20N4O/c1-9(2)12-13-10(8-11(17)14-12)16-6-4-15(3)5-7-16/h8-9H,4-7H2,1-3H3,(H,13,14,17). The minimum absolute atomic E-state index is 0.0578. The molecule has 2 rings (SSSR count). The first-order chi connectivity index (χ1) is 8.06. The van der Waals surface area contributed by atoms with Gasteiger partial charge in [-0.25, -0.2) is 4.98 Å². The zero-order valence-corrected chi connectivity index (χ0v) is 10.7. The molecule has 5 heteroatoms. The fourth-order valence-corrected chi connectivity index (χ4v) is 1.93. The van der Waals surface area contributed by atoms with Gasteiger partial charge in [0.2, 0.25) is 0 Å². The van der Waals surface area contributed by atoms with E-state index in [9.17, 15) is 4.79 Å². The van der Waals surface area contributed by atoms with E-state index in [1.807, 2.05) is 13.8 Å². The third kappa shape index (κ3) is 2.85. The van der Waals surface area contributed by atoms with Gasteiger partial charge in [-0.1, -0.05) is 13.8 Å². The Morgan fingerprint density at radius 1 is 1.29 bits per heavy atom. The Balaban J connectivity index is 2.23. The third-order valence-electron chi connectivity index (χ3n) is 3.12. The topological polar surface area (TPSA) is 52.2 Å². The molecule has 5 nitrogen and oxygen atoms in total. The third-order valence-corrected chi connectivity index (χ3v) is 3.12. The first-order valence-electron chi connectivity index (χ1n) is 6.11. The minimum Gasteiger partial charge on any atom is -0.354 e. The van der Waals surface area contributed by atoms with Gasteiger partial charge < -0.3 is 14.8 Å². The number of anilines is 1. The number of rotatable bonds is 2. The highest BCUT2D eigenvalue weighted by molar-refractivity contribution is 5.38. The highest BCUT2D eigenvalue weighted by Crippen LogP contribution is 2.14. The average Bonchev–Trinajstić information content (AvgIpc) is 2.29. The van der Waals surface area contributed by atoms with E-state index < -0.39 is 0 Å². The smallest absolute Gasteiger partial charge is 0.252 e. The van der Waals surface area contributed by atoms with Crippen molar-refractivity contribution in [2.24, 2.45) is 0 Å². The Hall–Kier alpha value is -1.36. The van der Waals surface area contributed by atoms with E-state index in [1.165, 1.54) is 0 Å². The molecular formula is C12H20N4O. The van der Waals surface area contributed by atoms with Crippen LogP contribution < -0.4 is 10.5 Å². The number of nitrogens with zero attached hydrogens (tertiary/aromatic N) is 3. The van der Waals surface area contributed by atoms with Crippen molar-refractivity contribution in [1.29, 1.82) is 0 Å². The van der Waals surface area contributed by atoms with Gasteiger partial charge in [-0.3, -0.25) is 4.79 Å². The van der Waals surface area contributed by atoms with Crippen molar-refractivity contribution in [3.05, 3.63) is 22.2 Å². The van der Waals surface area contributed by atoms with E-state index in [1.54, 1.807) is 6.07 Å². The van der Waals surface area contributed by atoms with E-state index in [-0.39, 0.29) is 11.5 Å². The van der Waals surface area contributed by atoms with Crippen molar-refractivity contribution in [3.8, 4) is 0 Å². The molecule has 1 fully saturated rings. The van der Waals surface area contributed by atoms with Crippen LogP contribution in [0.1, 0.15) is 25.6 Å². The largest absolute Gasteiger partial charge is 0.354 e. The van der Waals surface area contributed by atoms with Crippen molar-refractivity contribution in [1.82, 2.24) is 14.9 Å². The quantitative estimate of drug-likeness (QED) is 0.819. The van der Waals surface area contributed by atoms with Crippen LogP contribution in [0.2, 0.25) is 0 Å². The molecular weight excluding hydrogens is 216 g/mol. The lowest BCUT2D eigenvalue weighted by atomic mass is 10.2. The van der Waals surface area contributed by atoms with Crippen LogP contribution >= 0.6 is 0 Å². The predicted octanol–water partition coefficient (Wildman–Crippen LogP) is 0.645. The van der Waals surface area contributed by atoms with E-state index in [0.717, 1.165) is 37.8 Å². The summed E-state index contributed by atoms with van der Waals surface area (Å²) in [6, 6.07) is 1.59. The molecule has 0 aromatic carbocycles. The van der Waals surface area contributed by atoms with Gasteiger partial charge in [0.15, 0.2) is 0 Å². The molecule has 1 saturated heterocycles. The molecule has 0 unspecified atom stereocenters. The monoisotopic (exact) mass is 236 g/mol. The molecule has 0 atom stereocenters. The summed E-state index contributed by atoms with van der Waals surface area (Å²) in [6.07, 6.45) is 0. The van der Waals surface area contributed by atoms with Gasteiger partial charge in [-0.2, -0.15) is 0 Å². The van der Waals surface area contributed by atoms with Crippen LogP contribution in [0.3, 0.4) is 0 Å². The summed E-state index contributed by atoms with van der Waals surface area (Å²) in [7, 11) is 2.11. The van der Waals surface area contributed by atoms with E-state index >= 15 is 0 Å². The Labute approximate surface area is 101 Å². The van der Waals surface area contributed by atoms with Crippen LogP contribution in [-0.4, -0.2) is 48.1 Å². The highest BCUT2D eigenvalue weighted by Gasteiger charge is 2.16. The maximum atomic E-state index is 11.6. The van der Waals surface area contributed by atoms with Crippen LogP contribution in [-0.2, 0) is 0 Å². The van der Waals surface area contributed by atoms with Crippen LogP contribution in [0.15, 0.2) is 10.9 Å². The summed E-state index contributed by atoms with van der Waals surface area (Å²) in [4.78, 5) is 23.4. The summed E-state index contributed by atoms with van der Waals surface area (Å²) in [5.41, 5.74) is -0.0578. The van der Waals surface area contributed by atoms with Gasteiger partial charge >= 0.3 is 0 Å². The van der Waals surface area contributed by atoms with Crippen LogP contribution in [0.25, 0.3) is 0 Å². The number of aromatic nitrogens is 2. The summed E-state index contributed by atoms with van der Waals surface area (Å²) in [5.74, 6) is 1.83. The molecule has 1 N–H and O–H groups in total. The number of piperazine rings is 1. The van der Waals surface area contributed by atoms with Crippen LogP contribution in [0.5, 0.6) is 0 Å². The van der Waals surface area contributed by atoms with Gasteiger partial charge in [-0.05, 0) is 7.05 Å². The molecule has 1 aliphatic heterocycles. The lowest BCUT2D eigenvalue weighted by Crippen LogP contribution is -2.45. The lowest BCUT2D eigenvalue weighted by Gasteiger charge is -2.33. The first kappa shape index (κ1) is 12.1. The first-order valence-corrected chi connectivity index (χ1v) is 6.11. The number of hydrogen-bond donors (Lipinski definition) is 1. The molecule has 2 heterocycles. The predicted molar refractivity (Wildman–Crippen MR) is 68.7 cm³/mol. The fraction of sp³-hybridized carbons (Fsp3) is 0.667. The lowest BCUT2D eigenvalue weighted by molar-refractivity contribution is 0.312. The second-order valence-electron chi connectivity index (χ2n) is 4.93. The number of aromatic amines is 1. The Morgan fingerprint density at radius 3 is 2.53 bits per heavy atom. The Morgan fingerprint density at radius 2 is 1.94 bits per heavy atom. The molecule has 0 spiro atoms. The molecule has 0 radical (unpaired) electrons. The van der Waals surface area contributed by atoms with Gasteiger partial charge in [-0.15, -0.1) is 0 Å². The Bertz CT molecular complexity index is 432. The minimum atomic E-state index is -0.0578. The summed E-state index contributed by atoms with van der Waals surface area (Å²) in [6.45, 7) is 7.98. The number of nitrogens with one attached hydrogen (secondary N) is 1. The van der Waals surface area contributed by atoms with Gasteiger partial charge in [0.1, 0.15) is 11.6 Å². The molecule has 1 aromatic heterocycles. The normalized spacial score (nSPS) is 17.8. The van der Waals surface area contributed by atoms with E-state index in [2.05, 4.69) is 26.8 Å².